The van der Waals surface area contributed by atoms with Crippen molar-refractivity contribution in [3.8, 4) is 0 Å². The fourth-order valence-corrected chi connectivity index (χ4v) is 1.42. The number of methoxy groups -OCH3 is 1. The van der Waals surface area contributed by atoms with Gasteiger partial charge in [-0.2, -0.15) is 17.6 Å². The summed E-state index contributed by atoms with van der Waals surface area (Å²) in [6, 6.07) is 0. The van der Waals surface area contributed by atoms with Gasteiger partial charge < -0.3 is 4.74 Å². The van der Waals surface area contributed by atoms with Gasteiger partial charge in [0.2, 0.25) is 5.95 Å². The predicted molar refractivity (Wildman–Crippen MR) is 49.9 cm³/mol. The van der Waals surface area contributed by atoms with Crippen LogP contribution in [0.1, 0.15) is 23.1 Å². The van der Waals surface area contributed by atoms with Crippen LogP contribution in [-0.4, -0.2) is 18.1 Å². The molecule has 1 rings (SSSR count). The molecule has 106 valence electrons. The van der Waals surface area contributed by atoms with Crippen molar-refractivity contribution >= 4 is 5.97 Å². The van der Waals surface area contributed by atoms with Crippen molar-refractivity contribution < 1.29 is 35.9 Å². The highest BCUT2D eigenvalue weighted by molar-refractivity contribution is 5.73. The number of hydrogen-bond acceptors (Lipinski definition) is 3. The van der Waals surface area contributed by atoms with Gasteiger partial charge in [-0.1, -0.05) is 0 Å². The molecule has 1 heterocycles. The zero-order chi connectivity index (χ0) is 14.8. The molecule has 0 unspecified atom stereocenters. The Bertz CT molecular complexity index is 486. The summed E-state index contributed by atoms with van der Waals surface area (Å²) in [5, 5.41) is 0. The zero-order valence-electron chi connectivity index (χ0n) is 9.39. The van der Waals surface area contributed by atoms with Crippen molar-refractivity contribution in [1.82, 2.24) is 4.98 Å². The molecule has 1 aromatic rings. The number of nitrogens with zero attached hydrogens (tertiary/aromatic N) is 1. The van der Waals surface area contributed by atoms with Gasteiger partial charge in [0.15, 0.2) is 0 Å². The molecule has 0 saturated heterocycles. The topological polar surface area (TPSA) is 39.2 Å². The molecule has 0 amide bonds. The number of hydrogen-bond donors (Lipinski definition) is 0. The van der Waals surface area contributed by atoms with E-state index in [0.717, 1.165) is 7.11 Å². The van der Waals surface area contributed by atoms with Crippen LogP contribution < -0.4 is 0 Å². The summed E-state index contributed by atoms with van der Waals surface area (Å²) in [4.78, 5) is 13.7. The second-order valence-electron chi connectivity index (χ2n) is 3.41. The third-order valence-corrected chi connectivity index (χ3v) is 2.22. The monoisotopic (exact) mass is 287 g/mol. The Labute approximate surface area is 103 Å². The van der Waals surface area contributed by atoms with Crippen LogP contribution in [0.5, 0.6) is 0 Å². The first-order valence-electron chi connectivity index (χ1n) is 4.78. The SMILES string of the molecule is COC(=O)Cc1c(F)ncc(C(F)F)c1C(F)(F)F. The standard InChI is InChI=1S/C10H7F6NO2/c1-19-6(18)2-4-7(10(14,15)16)5(8(11)12)3-17-9(4)13/h3,8H,2H2,1H3. The molecule has 3 nitrogen and oxygen atoms in total. The van der Waals surface area contributed by atoms with Crippen LogP contribution in [0.3, 0.4) is 0 Å². The van der Waals surface area contributed by atoms with Gasteiger partial charge in [0.25, 0.3) is 6.43 Å². The van der Waals surface area contributed by atoms with Gasteiger partial charge in [0.1, 0.15) is 0 Å². The van der Waals surface area contributed by atoms with Gasteiger partial charge in [-0.3, -0.25) is 4.79 Å². The molecule has 19 heavy (non-hydrogen) atoms. The van der Waals surface area contributed by atoms with E-state index in [1.54, 1.807) is 0 Å². The molecule has 0 radical (unpaired) electrons. The number of halogens is 6. The summed E-state index contributed by atoms with van der Waals surface area (Å²) in [5.41, 5.74) is -4.62. The maximum absolute atomic E-state index is 13.3. The van der Waals surface area contributed by atoms with E-state index in [-0.39, 0.29) is 6.20 Å². The molecule has 0 fully saturated rings. The van der Waals surface area contributed by atoms with E-state index < -0.39 is 47.6 Å². The van der Waals surface area contributed by atoms with Crippen molar-refractivity contribution in [2.24, 2.45) is 0 Å². The Morgan fingerprint density at radius 2 is 2.00 bits per heavy atom. The molecular weight excluding hydrogens is 280 g/mol. The van der Waals surface area contributed by atoms with Crippen molar-refractivity contribution in [2.75, 3.05) is 7.11 Å². The van der Waals surface area contributed by atoms with Crippen LogP contribution in [0, 0.1) is 5.95 Å². The largest absolute Gasteiger partial charge is 0.469 e. The second-order valence-corrected chi connectivity index (χ2v) is 3.41. The van der Waals surface area contributed by atoms with E-state index in [9.17, 15) is 31.1 Å². The number of aromatic nitrogens is 1. The highest BCUT2D eigenvalue weighted by Gasteiger charge is 2.40. The van der Waals surface area contributed by atoms with Crippen molar-refractivity contribution in [2.45, 2.75) is 19.0 Å². The van der Waals surface area contributed by atoms with Crippen molar-refractivity contribution in [3.63, 3.8) is 0 Å². The van der Waals surface area contributed by atoms with E-state index in [0.29, 0.717) is 0 Å². The molecule has 0 aliphatic rings. The molecule has 0 saturated carbocycles. The highest BCUT2D eigenvalue weighted by atomic mass is 19.4. The summed E-state index contributed by atoms with van der Waals surface area (Å²) in [5.74, 6) is -2.83. The molecule has 0 atom stereocenters. The number of pyridine rings is 1. The Balaban J connectivity index is 3.49. The minimum atomic E-state index is -5.24. The molecule has 0 aliphatic heterocycles. The quantitative estimate of drug-likeness (QED) is 0.487. The lowest BCUT2D eigenvalue weighted by Gasteiger charge is -2.16. The minimum absolute atomic E-state index is 0.101. The predicted octanol–water partition coefficient (Wildman–Crippen LogP) is 2.89. The molecule has 0 bridgehead atoms. The Morgan fingerprint density at radius 3 is 2.42 bits per heavy atom. The van der Waals surface area contributed by atoms with Crippen LogP contribution in [0.4, 0.5) is 26.3 Å². The Morgan fingerprint density at radius 1 is 1.42 bits per heavy atom. The summed E-state index contributed by atoms with van der Waals surface area (Å²) in [6.45, 7) is 0. The van der Waals surface area contributed by atoms with E-state index in [2.05, 4.69) is 9.72 Å². The molecule has 0 aliphatic carbocycles. The van der Waals surface area contributed by atoms with Crippen LogP contribution >= 0.6 is 0 Å². The smallest absolute Gasteiger partial charge is 0.417 e. The van der Waals surface area contributed by atoms with Crippen molar-refractivity contribution in [1.29, 1.82) is 0 Å². The van der Waals surface area contributed by atoms with Crippen LogP contribution in [-0.2, 0) is 22.1 Å². The summed E-state index contributed by atoms with van der Waals surface area (Å²) >= 11 is 0. The number of carbonyl (C=O) groups excluding carboxylic acids is 1. The first kappa shape index (κ1) is 15.3. The summed E-state index contributed by atoms with van der Waals surface area (Å²) in [7, 11) is 0.873. The van der Waals surface area contributed by atoms with E-state index >= 15 is 0 Å². The number of ether oxygens (including phenoxy) is 1. The average molecular weight is 287 g/mol. The Hall–Kier alpha value is -1.80. The maximum Gasteiger partial charge on any atom is 0.417 e. The second kappa shape index (κ2) is 5.45. The molecule has 0 N–H and O–H groups in total. The number of rotatable bonds is 3. The van der Waals surface area contributed by atoms with Gasteiger partial charge in [0, 0.05) is 17.3 Å². The maximum atomic E-state index is 13.3. The minimum Gasteiger partial charge on any atom is -0.469 e. The van der Waals surface area contributed by atoms with Gasteiger partial charge in [-0.05, 0) is 0 Å². The van der Waals surface area contributed by atoms with Crippen LogP contribution in [0.15, 0.2) is 6.20 Å². The number of esters is 1. The van der Waals surface area contributed by atoms with Gasteiger partial charge in [-0.25, -0.2) is 13.8 Å². The van der Waals surface area contributed by atoms with Crippen LogP contribution in [0.2, 0.25) is 0 Å². The lowest BCUT2D eigenvalue weighted by molar-refractivity contribution is -0.142. The normalized spacial score (nSPS) is 11.8. The molecule has 0 spiro atoms. The molecule has 9 heteroatoms. The molecule has 0 aromatic carbocycles. The van der Waals surface area contributed by atoms with E-state index in [4.69, 9.17) is 0 Å². The lowest BCUT2D eigenvalue weighted by Crippen LogP contribution is -2.19. The van der Waals surface area contributed by atoms with E-state index in [1.165, 1.54) is 0 Å². The molecule has 1 aromatic heterocycles. The average Bonchev–Trinajstić information content (AvgIpc) is 2.29. The third-order valence-electron chi connectivity index (χ3n) is 2.22. The number of alkyl halides is 5. The summed E-state index contributed by atoms with van der Waals surface area (Å²) < 4.78 is 80.5. The van der Waals surface area contributed by atoms with Gasteiger partial charge >= 0.3 is 12.1 Å². The fraction of sp³-hybridized carbons (Fsp3) is 0.400. The van der Waals surface area contributed by atoms with Crippen molar-refractivity contribution in [3.05, 3.63) is 28.8 Å². The van der Waals surface area contributed by atoms with Gasteiger partial charge in [-0.15, -0.1) is 0 Å². The Kier molecular flexibility index (Phi) is 4.38. The lowest BCUT2D eigenvalue weighted by atomic mass is 10.0. The third kappa shape index (κ3) is 3.36. The fourth-order valence-electron chi connectivity index (χ4n) is 1.42. The first-order valence-corrected chi connectivity index (χ1v) is 4.78. The first-order chi connectivity index (χ1) is 8.68. The zero-order valence-corrected chi connectivity index (χ0v) is 9.39. The van der Waals surface area contributed by atoms with E-state index in [1.807, 2.05) is 0 Å². The van der Waals surface area contributed by atoms with Crippen LogP contribution in [0.25, 0.3) is 0 Å². The summed E-state index contributed by atoms with van der Waals surface area (Å²) in [6.07, 6.45) is -9.77. The highest BCUT2D eigenvalue weighted by Crippen LogP contribution is 2.39. The van der Waals surface area contributed by atoms with Gasteiger partial charge in [0.05, 0.1) is 19.1 Å². The number of carbonyl (C=O) groups is 1. The molecular formula is C10H7F6NO2.